The maximum atomic E-state index is 9.43. The molecule has 1 saturated carbocycles. The molecule has 9 heteroatoms. The molecule has 2 aliphatic rings. The number of nitrogens with one attached hydrogen (secondary N) is 2. The number of benzene rings is 1. The molecule has 0 unspecified atom stereocenters. The van der Waals surface area contributed by atoms with Crippen LogP contribution in [0, 0.1) is 11.3 Å². The molecular weight excluding hydrogens is 394 g/mol. The predicted octanol–water partition coefficient (Wildman–Crippen LogP) is 3.62. The number of H-pyrrole nitrogens is 1. The fraction of sp³-hybridized carbons (Fsp3) is 0.273. The molecule has 1 fully saturated rings. The number of hydrogen-bond donors (Lipinski definition) is 2. The Balaban J connectivity index is 1.44. The average molecular weight is 413 g/mol. The van der Waals surface area contributed by atoms with Crippen molar-refractivity contribution in [2.75, 3.05) is 18.5 Å². The third-order valence-corrected chi connectivity index (χ3v) is 5.68. The van der Waals surface area contributed by atoms with Crippen LogP contribution in [0.3, 0.4) is 0 Å². The lowest BCUT2D eigenvalue weighted by Gasteiger charge is -2.24. The van der Waals surface area contributed by atoms with E-state index in [2.05, 4.69) is 26.5 Å². The normalized spacial score (nSPS) is 15.1. The smallest absolute Gasteiger partial charge is 0.229 e. The number of aryl methyl sites for hydroxylation is 1. The van der Waals surface area contributed by atoms with Gasteiger partial charge in [0, 0.05) is 30.9 Å². The molecule has 1 aliphatic heterocycles. The van der Waals surface area contributed by atoms with Crippen LogP contribution in [-0.4, -0.2) is 37.9 Å². The van der Waals surface area contributed by atoms with E-state index >= 15 is 0 Å². The molecule has 3 aromatic heterocycles. The first-order valence-electron chi connectivity index (χ1n) is 10.2. The lowest BCUT2D eigenvalue weighted by Crippen LogP contribution is -2.17. The number of aromatic nitrogens is 5. The average Bonchev–Trinajstić information content (AvgIpc) is 3.43. The highest BCUT2D eigenvalue weighted by Crippen LogP contribution is 2.46. The second kappa shape index (κ2) is 6.74. The first-order valence-corrected chi connectivity index (χ1v) is 10.2. The Kier molecular flexibility index (Phi) is 3.86. The van der Waals surface area contributed by atoms with Crippen LogP contribution < -0.4 is 14.8 Å². The third-order valence-electron chi connectivity index (χ3n) is 5.68. The van der Waals surface area contributed by atoms with Gasteiger partial charge in [0.15, 0.2) is 11.5 Å². The summed E-state index contributed by atoms with van der Waals surface area (Å²) in [7, 11) is 1.89. The van der Waals surface area contributed by atoms with Crippen molar-refractivity contribution in [1.82, 2.24) is 24.7 Å². The summed E-state index contributed by atoms with van der Waals surface area (Å²) in [5.41, 5.74) is 4.75. The summed E-state index contributed by atoms with van der Waals surface area (Å²) < 4.78 is 13.8. The highest BCUT2D eigenvalue weighted by Gasteiger charge is 2.30. The zero-order valence-electron chi connectivity index (χ0n) is 16.8. The number of nitriles is 1. The molecule has 0 radical (unpaired) electrons. The molecule has 2 N–H and O–H groups in total. The summed E-state index contributed by atoms with van der Waals surface area (Å²) in [6.07, 6.45) is 5.60. The number of aromatic amines is 1. The summed E-state index contributed by atoms with van der Waals surface area (Å²) >= 11 is 0. The Labute approximate surface area is 177 Å². The Bertz CT molecular complexity index is 1360. The zero-order valence-corrected chi connectivity index (χ0v) is 16.8. The van der Waals surface area contributed by atoms with E-state index in [0.29, 0.717) is 47.8 Å². The van der Waals surface area contributed by atoms with Crippen LogP contribution in [0.5, 0.6) is 11.5 Å². The van der Waals surface area contributed by atoms with Gasteiger partial charge in [-0.05, 0) is 31.0 Å². The van der Waals surface area contributed by atoms with Crippen molar-refractivity contribution in [3.05, 3.63) is 41.9 Å². The molecule has 9 nitrogen and oxygen atoms in total. The minimum atomic E-state index is 0.370. The fourth-order valence-corrected chi connectivity index (χ4v) is 4.05. The lowest BCUT2D eigenvalue weighted by molar-refractivity contribution is 0.173. The molecule has 0 saturated heterocycles. The molecule has 0 bridgehead atoms. The summed E-state index contributed by atoms with van der Waals surface area (Å²) in [5, 5.41) is 17.8. The molecule has 4 aromatic rings. The maximum absolute atomic E-state index is 9.43. The fourth-order valence-electron chi connectivity index (χ4n) is 4.05. The molecular formula is C22H19N7O2. The molecule has 4 heterocycles. The Morgan fingerprint density at radius 1 is 1.16 bits per heavy atom. The van der Waals surface area contributed by atoms with Crippen molar-refractivity contribution in [2.24, 2.45) is 7.05 Å². The molecule has 0 amide bonds. The van der Waals surface area contributed by atoms with E-state index in [1.54, 1.807) is 17.1 Å². The SMILES string of the molecule is Cn1nccc1-c1ccc(Nc2nc(C3CC3)c3c(C#N)c[nH]c3n2)c2c1OCCO2. The molecule has 0 atom stereocenters. The summed E-state index contributed by atoms with van der Waals surface area (Å²) in [4.78, 5) is 12.5. The van der Waals surface area contributed by atoms with Crippen LogP contribution in [0.2, 0.25) is 0 Å². The zero-order chi connectivity index (χ0) is 20.9. The molecule has 1 aliphatic carbocycles. The highest BCUT2D eigenvalue weighted by molar-refractivity contribution is 5.87. The Hall–Kier alpha value is -4.06. The van der Waals surface area contributed by atoms with Gasteiger partial charge in [-0.2, -0.15) is 15.3 Å². The summed E-state index contributed by atoms with van der Waals surface area (Å²) in [5.74, 6) is 2.14. The molecule has 6 rings (SSSR count). The molecule has 31 heavy (non-hydrogen) atoms. The number of hydrogen-bond acceptors (Lipinski definition) is 7. The highest BCUT2D eigenvalue weighted by atomic mass is 16.6. The topological polar surface area (TPSA) is 114 Å². The summed E-state index contributed by atoms with van der Waals surface area (Å²) in [6.45, 7) is 0.945. The van der Waals surface area contributed by atoms with Gasteiger partial charge < -0.3 is 19.8 Å². The van der Waals surface area contributed by atoms with Crippen LogP contribution in [0.15, 0.2) is 30.6 Å². The van der Waals surface area contributed by atoms with Gasteiger partial charge in [0.2, 0.25) is 5.95 Å². The molecule has 1 aromatic carbocycles. The van der Waals surface area contributed by atoms with Crippen molar-refractivity contribution in [3.63, 3.8) is 0 Å². The van der Waals surface area contributed by atoms with E-state index in [1.807, 2.05) is 25.2 Å². The number of nitrogens with zero attached hydrogens (tertiary/aromatic N) is 5. The second-order valence-electron chi connectivity index (χ2n) is 7.73. The van der Waals surface area contributed by atoms with E-state index in [4.69, 9.17) is 14.5 Å². The minimum absolute atomic E-state index is 0.370. The van der Waals surface area contributed by atoms with Crippen LogP contribution >= 0.6 is 0 Å². The standard InChI is InChI=1S/C22H19N7O2/c1-29-16(6-7-25-29)14-4-5-15(20-19(14)30-8-9-31-20)26-22-27-18(12-2-3-12)17-13(10-23)11-24-21(17)28-22/h4-7,11-12H,2-3,8-9H2,1H3,(H2,24,26,27,28). The number of ether oxygens (including phenoxy) is 2. The first kappa shape index (κ1) is 17.8. The van der Waals surface area contributed by atoms with E-state index in [0.717, 1.165) is 40.9 Å². The van der Waals surface area contributed by atoms with Gasteiger partial charge in [-0.25, -0.2) is 4.98 Å². The predicted molar refractivity (Wildman–Crippen MR) is 113 cm³/mol. The van der Waals surface area contributed by atoms with Gasteiger partial charge in [-0.1, -0.05) is 0 Å². The van der Waals surface area contributed by atoms with E-state index < -0.39 is 0 Å². The van der Waals surface area contributed by atoms with E-state index in [9.17, 15) is 5.26 Å². The van der Waals surface area contributed by atoms with Gasteiger partial charge >= 0.3 is 0 Å². The van der Waals surface area contributed by atoms with Gasteiger partial charge in [-0.15, -0.1) is 0 Å². The number of fused-ring (bicyclic) bond motifs is 2. The van der Waals surface area contributed by atoms with Crippen molar-refractivity contribution in [3.8, 4) is 28.8 Å². The van der Waals surface area contributed by atoms with Crippen LogP contribution in [0.25, 0.3) is 22.3 Å². The second-order valence-corrected chi connectivity index (χ2v) is 7.73. The number of anilines is 2. The number of rotatable bonds is 4. The Morgan fingerprint density at radius 2 is 2.00 bits per heavy atom. The maximum Gasteiger partial charge on any atom is 0.229 e. The van der Waals surface area contributed by atoms with E-state index in [1.165, 1.54) is 0 Å². The monoisotopic (exact) mass is 413 g/mol. The van der Waals surface area contributed by atoms with Crippen LogP contribution in [0.4, 0.5) is 11.6 Å². The largest absolute Gasteiger partial charge is 0.485 e. The third kappa shape index (κ3) is 2.87. The lowest BCUT2D eigenvalue weighted by atomic mass is 10.1. The van der Waals surface area contributed by atoms with Crippen LogP contribution in [0.1, 0.15) is 30.0 Å². The van der Waals surface area contributed by atoms with Gasteiger partial charge in [0.1, 0.15) is 24.9 Å². The molecule has 0 spiro atoms. The van der Waals surface area contributed by atoms with Gasteiger partial charge in [0.25, 0.3) is 0 Å². The van der Waals surface area contributed by atoms with Crippen molar-refractivity contribution in [2.45, 2.75) is 18.8 Å². The van der Waals surface area contributed by atoms with Crippen molar-refractivity contribution < 1.29 is 9.47 Å². The van der Waals surface area contributed by atoms with Crippen LogP contribution in [-0.2, 0) is 7.05 Å². The minimum Gasteiger partial charge on any atom is -0.485 e. The first-order chi connectivity index (χ1) is 15.2. The van der Waals surface area contributed by atoms with Crippen molar-refractivity contribution >= 4 is 22.7 Å². The Morgan fingerprint density at radius 3 is 2.74 bits per heavy atom. The summed E-state index contributed by atoms with van der Waals surface area (Å²) in [6, 6.07) is 8.10. The molecule has 154 valence electrons. The van der Waals surface area contributed by atoms with Crippen molar-refractivity contribution in [1.29, 1.82) is 5.26 Å². The van der Waals surface area contributed by atoms with Gasteiger partial charge in [0.05, 0.1) is 28.0 Å². The van der Waals surface area contributed by atoms with Gasteiger partial charge in [-0.3, -0.25) is 4.68 Å². The van der Waals surface area contributed by atoms with E-state index in [-0.39, 0.29) is 0 Å². The quantitative estimate of drug-likeness (QED) is 0.525.